The van der Waals surface area contributed by atoms with E-state index < -0.39 is 0 Å². The molecule has 0 aliphatic carbocycles. The average Bonchev–Trinajstić information content (AvgIpc) is 2.26. The highest BCUT2D eigenvalue weighted by Crippen LogP contribution is 1.89. The Bertz CT molecular complexity index is 206. The highest BCUT2D eigenvalue weighted by Gasteiger charge is 1.78. The minimum atomic E-state index is 0.503. The Hall–Kier alpha value is -1.22. The SMILES string of the molecule is FC=CCC=CCOCC=CCC=CF. The Kier molecular flexibility index (Phi) is 11.7. The van der Waals surface area contributed by atoms with Crippen LogP contribution in [-0.2, 0) is 4.74 Å². The fourth-order valence-corrected chi connectivity index (χ4v) is 0.793. The quantitative estimate of drug-likeness (QED) is 0.440. The number of halogens is 2. The van der Waals surface area contributed by atoms with E-state index in [4.69, 9.17) is 4.74 Å². The van der Waals surface area contributed by atoms with E-state index >= 15 is 0 Å². The van der Waals surface area contributed by atoms with Crippen LogP contribution in [0.15, 0.2) is 49.1 Å². The topological polar surface area (TPSA) is 9.23 Å². The van der Waals surface area contributed by atoms with Crippen molar-refractivity contribution in [1.29, 1.82) is 0 Å². The van der Waals surface area contributed by atoms with Gasteiger partial charge in [-0.05, 0) is 12.8 Å². The van der Waals surface area contributed by atoms with Gasteiger partial charge in [-0.2, -0.15) is 0 Å². The number of hydrogen-bond donors (Lipinski definition) is 0. The minimum Gasteiger partial charge on any atom is -0.373 e. The lowest BCUT2D eigenvalue weighted by Crippen LogP contribution is -1.89. The molecule has 0 N–H and O–H groups in total. The van der Waals surface area contributed by atoms with Crippen LogP contribution in [0.2, 0.25) is 0 Å². The lowest BCUT2D eigenvalue weighted by atomic mass is 10.4. The third-order valence-electron chi connectivity index (χ3n) is 1.48. The van der Waals surface area contributed by atoms with Gasteiger partial charge in [0.15, 0.2) is 0 Å². The molecule has 0 saturated carbocycles. The molecule has 15 heavy (non-hydrogen) atoms. The largest absolute Gasteiger partial charge is 0.373 e. The lowest BCUT2D eigenvalue weighted by molar-refractivity contribution is 0.193. The van der Waals surface area contributed by atoms with Crippen molar-refractivity contribution in [3.05, 3.63) is 49.1 Å². The number of ether oxygens (including phenoxy) is 1. The van der Waals surface area contributed by atoms with Gasteiger partial charge in [-0.25, -0.2) is 8.78 Å². The van der Waals surface area contributed by atoms with Crippen LogP contribution in [-0.4, -0.2) is 13.2 Å². The monoisotopic (exact) mass is 214 g/mol. The normalized spacial score (nSPS) is 12.9. The molecule has 1 nitrogen and oxygen atoms in total. The van der Waals surface area contributed by atoms with E-state index in [0.29, 0.717) is 38.7 Å². The molecule has 0 atom stereocenters. The number of hydrogen-bond acceptors (Lipinski definition) is 1. The molecule has 0 rings (SSSR count). The molecule has 0 amide bonds. The Balaban J connectivity index is 3.23. The van der Waals surface area contributed by atoms with E-state index in [0.717, 1.165) is 0 Å². The van der Waals surface area contributed by atoms with Crippen molar-refractivity contribution in [2.24, 2.45) is 0 Å². The van der Waals surface area contributed by atoms with E-state index in [1.54, 1.807) is 0 Å². The van der Waals surface area contributed by atoms with E-state index in [1.807, 2.05) is 24.3 Å². The van der Waals surface area contributed by atoms with Gasteiger partial charge in [0.25, 0.3) is 0 Å². The molecule has 3 heteroatoms. The zero-order valence-corrected chi connectivity index (χ0v) is 8.61. The molecule has 0 aliphatic rings. The van der Waals surface area contributed by atoms with Crippen molar-refractivity contribution in [3.8, 4) is 0 Å². The molecule has 0 saturated heterocycles. The van der Waals surface area contributed by atoms with Gasteiger partial charge in [0.2, 0.25) is 0 Å². The van der Waals surface area contributed by atoms with Gasteiger partial charge in [-0.1, -0.05) is 36.5 Å². The predicted molar refractivity (Wildman–Crippen MR) is 58.8 cm³/mol. The summed E-state index contributed by atoms with van der Waals surface area (Å²) in [5.74, 6) is 0. The molecule has 0 radical (unpaired) electrons. The molecule has 0 aliphatic heterocycles. The maximum Gasteiger partial charge on any atom is 0.0830 e. The maximum atomic E-state index is 11.5. The Labute approximate surface area is 89.4 Å². The summed E-state index contributed by atoms with van der Waals surface area (Å²) in [6.45, 7) is 1.01. The van der Waals surface area contributed by atoms with Gasteiger partial charge in [-0.3, -0.25) is 0 Å². The van der Waals surface area contributed by atoms with Crippen LogP contribution in [0.4, 0.5) is 8.78 Å². The molecule has 0 spiro atoms. The summed E-state index contributed by atoms with van der Waals surface area (Å²) < 4.78 is 28.2. The number of allylic oxidation sites excluding steroid dienone is 4. The van der Waals surface area contributed by atoms with Gasteiger partial charge in [-0.15, -0.1) is 0 Å². The van der Waals surface area contributed by atoms with Crippen LogP contribution in [0.3, 0.4) is 0 Å². The first kappa shape index (κ1) is 13.8. The third kappa shape index (κ3) is 12.8. The van der Waals surface area contributed by atoms with Crippen LogP contribution in [0, 0.1) is 0 Å². The summed E-state index contributed by atoms with van der Waals surface area (Å²) >= 11 is 0. The van der Waals surface area contributed by atoms with Gasteiger partial charge >= 0.3 is 0 Å². The van der Waals surface area contributed by atoms with Crippen molar-refractivity contribution >= 4 is 0 Å². The fourth-order valence-electron chi connectivity index (χ4n) is 0.793. The first-order chi connectivity index (χ1) is 7.41. The standard InChI is InChI=1S/C12H16F2O/c13-9-5-1-3-7-11-15-12-8-4-2-6-10-14/h3-10H,1-2,11-12H2. The second-order valence-electron chi connectivity index (χ2n) is 2.68. The molecular formula is C12H16F2O. The van der Waals surface area contributed by atoms with Gasteiger partial charge in [0.05, 0.1) is 25.9 Å². The summed E-state index contributed by atoms with van der Waals surface area (Å²) in [6.07, 6.45) is 12.3. The van der Waals surface area contributed by atoms with Crippen LogP contribution in [0.1, 0.15) is 12.8 Å². The van der Waals surface area contributed by atoms with Crippen molar-refractivity contribution < 1.29 is 13.5 Å². The number of rotatable bonds is 8. The van der Waals surface area contributed by atoms with Gasteiger partial charge in [0.1, 0.15) is 0 Å². The third-order valence-corrected chi connectivity index (χ3v) is 1.48. The van der Waals surface area contributed by atoms with Crippen molar-refractivity contribution in [3.63, 3.8) is 0 Å². The highest BCUT2D eigenvalue weighted by atomic mass is 19.1. The molecule has 0 fully saturated rings. The van der Waals surface area contributed by atoms with E-state index in [2.05, 4.69) is 0 Å². The predicted octanol–water partition coefficient (Wildman–Crippen LogP) is 3.86. The van der Waals surface area contributed by atoms with Crippen LogP contribution < -0.4 is 0 Å². The highest BCUT2D eigenvalue weighted by molar-refractivity contribution is 4.91. The van der Waals surface area contributed by atoms with Gasteiger partial charge in [0, 0.05) is 0 Å². The van der Waals surface area contributed by atoms with E-state index in [-0.39, 0.29) is 0 Å². The summed E-state index contributed by atoms with van der Waals surface area (Å²) in [6, 6.07) is 0. The van der Waals surface area contributed by atoms with Crippen molar-refractivity contribution in [2.75, 3.05) is 13.2 Å². The van der Waals surface area contributed by atoms with Crippen LogP contribution >= 0.6 is 0 Å². The summed E-state index contributed by atoms with van der Waals surface area (Å²) in [4.78, 5) is 0. The molecular weight excluding hydrogens is 198 g/mol. The lowest BCUT2D eigenvalue weighted by Gasteiger charge is -1.93. The van der Waals surface area contributed by atoms with Crippen molar-refractivity contribution in [2.45, 2.75) is 12.8 Å². The summed E-state index contributed by atoms with van der Waals surface area (Å²) in [5, 5.41) is 0. The Morgan fingerprint density at radius 1 is 0.667 bits per heavy atom. The molecule has 0 unspecified atom stereocenters. The van der Waals surface area contributed by atoms with Crippen molar-refractivity contribution in [1.82, 2.24) is 0 Å². The van der Waals surface area contributed by atoms with Crippen LogP contribution in [0.25, 0.3) is 0 Å². The fraction of sp³-hybridized carbons (Fsp3) is 0.333. The molecule has 84 valence electrons. The smallest absolute Gasteiger partial charge is 0.0830 e. The van der Waals surface area contributed by atoms with Gasteiger partial charge < -0.3 is 4.74 Å². The zero-order chi connectivity index (χ0) is 11.2. The first-order valence-electron chi connectivity index (χ1n) is 4.80. The van der Waals surface area contributed by atoms with Crippen LogP contribution in [0.5, 0.6) is 0 Å². The average molecular weight is 214 g/mol. The second-order valence-corrected chi connectivity index (χ2v) is 2.68. The minimum absolute atomic E-state index is 0.503. The first-order valence-corrected chi connectivity index (χ1v) is 4.80. The molecule has 0 aromatic carbocycles. The molecule has 0 heterocycles. The molecule has 0 bridgehead atoms. The maximum absolute atomic E-state index is 11.5. The Morgan fingerprint density at radius 2 is 1.13 bits per heavy atom. The van der Waals surface area contributed by atoms with E-state index in [1.165, 1.54) is 12.2 Å². The molecule has 0 aromatic rings. The second kappa shape index (κ2) is 12.8. The van der Waals surface area contributed by atoms with E-state index in [9.17, 15) is 8.78 Å². The zero-order valence-electron chi connectivity index (χ0n) is 8.61. The summed E-state index contributed by atoms with van der Waals surface area (Å²) in [5.41, 5.74) is 0. The molecule has 0 aromatic heterocycles. The summed E-state index contributed by atoms with van der Waals surface area (Å²) in [7, 11) is 0. The Morgan fingerprint density at radius 3 is 1.53 bits per heavy atom.